The highest BCUT2D eigenvalue weighted by molar-refractivity contribution is 9.39. The Hall–Kier alpha value is -0.270. The number of aryl methyl sites for hydroxylation is 1. The molecule has 0 aliphatic heterocycles. The molecule has 0 radical (unpaired) electrons. The lowest BCUT2D eigenvalue weighted by Gasteiger charge is -2.29. The number of hydrogen-bond acceptors (Lipinski definition) is 2. The number of alkyl halides is 3. The average Bonchev–Trinajstić information content (AvgIpc) is 2.49. The maximum absolute atomic E-state index is 12.5. The molecule has 0 unspecified atom stereocenters. The van der Waals surface area contributed by atoms with Crippen molar-refractivity contribution in [1.82, 2.24) is 5.32 Å². The zero-order valence-electron chi connectivity index (χ0n) is 12.4. The summed E-state index contributed by atoms with van der Waals surface area (Å²) < 4.78 is -0.793. The van der Waals surface area contributed by atoms with E-state index < -0.39 is 8.31 Å². The van der Waals surface area contributed by atoms with E-state index in [2.05, 4.69) is 58.4 Å². The molecular weight excluding hydrogens is 547 g/mol. The molecule has 1 atom stereocenters. The molecule has 3 nitrogen and oxygen atoms in total. The minimum Gasteiger partial charge on any atom is -0.361 e. The molecule has 2 N–H and O–H groups in total. The molecule has 128 valence electrons. The van der Waals surface area contributed by atoms with Crippen LogP contribution in [-0.2, 0) is 0 Å². The third kappa shape index (κ3) is 5.63. The molecule has 0 aromatic heterocycles. The van der Waals surface area contributed by atoms with Gasteiger partial charge in [-0.1, -0.05) is 88.7 Å². The number of carbonyl (C=O) groups is 1. The second kappa shape index (κ2) is 8.41. The summed E-state index contributed by atoms with van der Waals surface area (Å²) in [5.41, 5.74) is 2.24. The maximum Gasteiger partial charge on any atom is 0.252 e. The van der Waals surface area contributed by atoms with Gasteiger partial charge >= 0.3 is 0 Å². The van der Waals surface area contributed by atoms with Gasteiger partial charge in [-0.05, 0) is 37.3 Å². The number of anilines is 1. The quantitative estimate of drug-likeness (QED) is 0.341. The van der Waals surface area contributed by atoms with E-state index in [1.54, 1.807) is 30.3 Å². The third-order valence-corrected chi connectivity index (χ3v) is 5.08. The summed E-state index contributed by atoms with van der Waals surface area (Å²) >= 11 is 22.5. The number of nitrogens with one attached hydrogen (secondary N) is 2. The molecule has 0 fully saturated rings. The third-order valence-electron chi connectivity index (χ3n) is 3.14. The van der Waals surface area contributed by atoms with Crippen LogP contribution >= 0.6 is 71.0 Å². The summed E-state index contributed by atoms with van der Waals surface area (Å²) in [6, 6.07) is 12.4. The fraction of sp³-hybridized carbons (Fsp3) is 0.188. The van der Waals surface area contributed by atoms with Gasteiger partial charge in [-0.25, -0.2) is 0 Å². The van der Waals surface area contributed by atoms with E-state index in [9.17, 15) is 4.79 Å². The number of benzene rings is 2. The van der Waals surface area contributed by atoms with Crippen LogP contribution in [-0.4, -0.2) is 14.2 Å². The lowest BCUT2D eigenvalue weighted by atomic mass is 10.1. The highest BCUT2D eigenvalue weighted by atomic mass is 80.0. The Kier molecular flexibility index (Phi) is 7.02. The van der Waals surface area contributed by atoms with Gasteiger partial charge in [0.25, 0.3) is 5.91 Å². The van der Waals surface area contributed by atoms with Crippen molar-refractivity contribution in [3.05, 3.63) is 63.6 Å². The number of hydrogen-bond donors (Lipinski definition) is 2. The lowest BCUT2D eigenvalue weighted by molar-refractivity contribution is 0.0943. The van der Waals surface area contributed by atoms with Crippen LogP contribution in [0.5, 0.6) is 0 Å². The largest absolute Gasteiger partial charge is 0.361 e. The first-order valence-corrected chi connectivity index (χ1v) is 9.96. The van der Waals surface area contributed by atoms with Gasteiger partial charge < -0.3 is 10.6 Å². The number of rotatable bonds is 4. The summed E-state index contributed by atoms with van der Waals surface area (Å²) in [6.45, 7) is 1.97. The minimum atomic E-state index is -0.793. The van der Waals surface area contributed by atoms with Crippen LogP contribution in [0.3, 0.4) is 0 Å². The normalized spacial score (nSPS) is 12.6. The van der Waals surface area contributed by atoms with Crippen molar-refractivity contribution in [3.8, 4) is 0 Å². The van der Waals surface area contributed by atoms with Gasteiger partial charge in [0, 0.05) is 10.6 Å². The second-order valence-electron chi connectivity index (χ2n) is 5.08. The van der Waals surface area contributed by atoms with E-state index in [4.69, 9.17) is 23.2 Å². The zero-order valence-corrected chi connectivity index (χ0v) is 18.7. The van der Waals surface area contributed by atoms with E-state index in [1.807, 2.05) is 19.1 Å². The Morgan fingerprint density at radius 1 is 1.08 bits per heavy atom. The second-order valence-corrected chi connectivity index (χ2v) is 12.9. The van der Waals surface area contributed by atoms with E-state index in [0.29, 0.717) is 21.3 Å². The Bertz CT molecular complexity index is 733. The lowest BCUT2D eigenvalue weighted by Crippen LogP contribution is -2.48. The van der Waals surface area contributed by atoms with Gasteiger partial charge in [0.1, 0.15) is 6.17 Å². The van der Waals surface area contributed by atoms with Crippen LogP contribution in [0.15, 0.2) is 42.5 Å². The predicted octanol–water partition coefficient (Wildman–Crippen LogP) is 6.31. The molecule has 0 saturated heterocycles. The van der Waals surface area contributed by atoms with E-state index >= 15 is 0 Å². The van der Waals surface area contributed by atoms with Gasteiger partial charge in [0.15, 0.2) is 2.14 Å². The smallest absolute Gasteiger partial charge is 0.252 e. The van der Waals surface area contributed by atoms with Crippen LogP contribution < -0.4 is 10.6 Å². The molecule has 2 aromatic rings. The topological polar surface area (TPSA) is 41.1 Å². The molecule has 0 spiro atoms. The molecular formula is C16H13Br3Cl2N2O. The molecule has 24 heavy (non-hydrogen) atoms. The minimum absolute atomic E-state index is 0.228. The Morgan fingerprint density at radius 3 is 2.29 bits per heavy atom. The van der Waals surface area contributed by atoms with Crippen LogP contribution in [0.2, 0.25) is 10.0 Å². The highest BCUT2D eigenvalue weighted by Gasteiger charge is 2.33. The molecule has 1 amide bonds. The highest BCUT2D eigenvalue weighted by Crippen LogP contribution is 2.38. The van der Waals surface area contributed by atoms with Crippen molar-refractivity contribution in [2.75, 3.05) is 5.32 Å². The van der Waals surface area contributed by atoms with Gasteiger partial charge in [-0.2, -0.15) is 0 Å². The van der Waals surface area contributed by atoms with Crippen LogP contribution in [0.25, 0.3) is 0 Å². The first kappa shape index (κ1) is 20.0. The monoisotopic (exact) mass is 556 g/mol. The van der Waals surface area contributed by atoms with Crippen molar-refractivity contribution in [1.29, 1.82) is 0 Å². The number of amides is 1. The zero-order chi connectivity index (χ0) is 17.9. The van der Waals surface area contributed by atoms with E-state index in [1.165, 1.54) is 0 Å². The van der Waals surface area contributed by atoms with Crippen molar-refractivity contribution in [3.63, 3.8) is 0 Å². The van der Waals surface area contributed by atoms with Crippen molar-refractivity contribution in [2.45, 2.75) is 15.2 Å². The molecule has 0 saturated carbocycles. The molecule has 2 aromatic carbocycles. The van der Waals surface area contributed by atoms with Crippen molar-refractivity contribution < 1.29 is 4.79 Å². The molecule has 8 heteroatoms. The summed E-state index contributed by atoms with van der Waals surface area (Å²) in [5, 5.41) is 7.07. The van der Waals surface area contributed by atoms with Crippen molar-refractivity contribution >= 4 is 82.6 Å². The van der Waals surface area contributed by atoms with Crippen LogP contribution in [0.4, 0.5) is 5.69 Å². The number of halogens is 5. The van der Waals surface area contributed by atoms with Gasteiger partial charge in [0.2, 0.25) is 0 Å². The van der Waals surface area contributed by atoms with Gasteiger partial charge in [-0.3, -0.25) is 4.79 Å². The van der Waals surface area contributed by atoms with Crippen molar-refractivity contribution in [2.24, 2.45) is 0 Å². The SMILES string of the molecule is Cc1ccc(C(=O)N[C@H](Nc2cc(Cl)ccc2Cl)C(Br)(Br)Br)cc1. The summed E-state index contributed by atoms with van der Waals surface area (Å²) in [4.78, 5) is 12.5. The number of carbonyl (C=O) groups excluding carboxylic acids is 1. The summed E-state index contributed by atoms with van der Waals surface area (Å²) in [6.07, 6.45) is -0.567. The molecule has 0 aliphatic rings. The maximum atomic E-state index is 12.5. The van der Waals surface area contributed by atoms with E-state index in [0.717, 1.165) is 5.56 Å². The summed E-state index contributed by atoms with van der Waals surface area (Å²) in [5.74, 6) is -0.228. The first-order valence-electron chi connectivity index (χ1n) is 6.82. The Morgan fingerprint density at radius 2 is 1.71 bits per heavy atom. The van der Waals surface area contributed by atoms with Gasteiger partial charge in [-0.15, -0.1) is 0 Å². The Balaban J connectivity index is 2.21. The fourth-order valence-corrected chi connectivity index (χ4v) is 2.91. The molecule has 0 aliphatic carbocycles. The summed E-state index contributed by atoms with van der Waals surface area (Å²) in [7, 11) is 0. The Labute approximate surface area is 175 Å². The van der Waals surface area contributed by atoms with Gasteiger partial charge in [0.05, 0.1) is 10.7 Å². The van der Waals surface area contributed by atoms with Crippen LogP contribution in [0.1, 0.15) is 15.9 Å². The fourth-order valence-electron chi connectivity index (χ4n) is 1.88. The predicted molar refractivity (Wildman–Crippen MR) is 112 cm³/mol. The van der Waals surface area contributed by atoms with Crippen LogP contribution in [0, 0.1) is 6.92 Å². The average molecular weight is 560 g/mol. The molecule has 0 heterocycles. The standard InChI is InChI=1S/C16H13Br3Cl2N2O/c1-9-2-4-10(5-3-9)14(24)23-15(16(17,18)19)22-13-8-11(20)6-7-12(13)21/h2-8,15,22H,1H3,(H,23,24)/t15-/m0/s1. The van der Waals surface area contributed by atoms with E-state index in [-0.39, 0.29) is 5.91 Å². The first-order chi connectivity index (χ1) is 11.2. The molecule has 2 rings (SSSR count). The molecule has 0 bridgehead atoms.